The predicted molar refractivity (Wildman–Crippen MR) is 64.8 cm³/mol. The third kappa shape index (κ3) is 2.43. The minimum atomic E-state index is -1.65. The summed E-state index contributed by atoms with van der Waals surface area (Å²) in [6.45, 7) is 4.31. The largest absolute Gasteiger partial charge is 0.468 e. The second kappa shape index (κ2) is 6.02. The smallest absolute Gasteiger partial charge is 0.327 e. The fraction of sp³-hybridized carbons (Fsp3) is 0.769. The number of ether oxygens (including phenoxy) is 3. The van der Waals surface area contributed by atoms with Crippen LogP contribution in [0.4, 0.5) is 0 Å². The molecule has 0 heterocycles. The average Bonchev–Trinajstić information content (AvgIpc) is 2.37. The van der Waals surface area contributed by atoms with Gasteiger partial charge in [-0.2, -0.15) is 5.26 Å². The molecule has 0 aromatic heterocycles. The van der Waals surface area contributed by atoms with E-state index in [0.29, 0.717) is 13.0 Å². The summed E-state index contributed by atoms with van der Waals surface area (Å²) in [6, 6.07) is 1.96. The summed E-state index contributed by atoms with van der Waals surface area (Å²) >= 11 is 0. The number of methoxy groups -OCH3 is 2. The van der Waals surface area contributed by atoms with Crippen molar-refractivity contribution in [1.29, 1.82) is 5.26 Å². The van der Waals surface area contributed by atoms with Crippen LogP contribution in [0.5, 0.6) is 0 Å². The van der Waals surface area contributed by atoms with E-state index in [1.54, 1.807) is 0 Å². The van der Waals surface area contributed by atoms with Gasteiger partial charge in [0.2, 0.25) is 5.41 Å². The van der Waals surface area contributed by atoms with Gasteiger partial charge in [-0.15, -0.1) is 0 Å². The van der Waals surface area contributed by atoms with Crippen LogP contribution in [0.3, 0.4) is 0 Å². The third-order valence-corrected chi connectivity index (χ3v) is 3.34. The summed E-state index contributed by atoms with van der Waals surface area (Å²) in [6.07, 6.45) is -0.340. The summed E-state index contributed by atoms with van der Waals surface area (Å²) in [4.78, 5) is 24.0. The molecule has 6 heteroatoms. The first-order valence-electron chi connectivity index (χ1n) is 6.13. The van der Waals surface area contributed by atoms with Crippen LogP contribution < -0.4 is 0 Å². The van der Waals surface area contributed by atoms with Crippen LogP contribution in [0.1, 0.15) is 20.3 Å². The van der Waals surface area contributed by atoms with E-state index < -0.39 is 29.4 Å². The van der Waals surface area contributed by atoms with Gasteiger partial charge in [0.25, 0.3) is 0 Å². The Labute approximate surface area is 112 Å². The van der Waals surface area contributed by atoms with E-state index in [9.17, 15) is 9.59 Å². The van der Waals surface area contributed by atoms with E-state index in [0.717, 1.165) is 0 Å². The van der Waals surface area contributed by atoms with Gasteiger partial charge < -0.3 is 14.2 Å². The lowest BCUT2D eigenvalue weighted by Gasteiger charge is -2.47. The molecule has 2 atom stereocenters. The fourth-order valence-electron chi connectivity index (χ4n) is 2.28. The maximum Gasteiger partial charge on any atom is 0.327 e. The Morgan fingerprint density at radius 1 is 1.32 bits per heavy atom. The summed E-state index contributed by atoms with van der Waals surface area (Å²) < 4.78 is 14.9. The van der Waals surface area contributed by atoms with Gasteiger partial charge in [0.15, 0.2) is 0 Å². The minimum Gasteiger partial charge on any atom is -0.468 e. The molecule has 0 aromatic carbocycles. The molecule has 0 aromatic rings. The molecule has 0 spiro atoms. The van der Waals surface area contributed by atoms with Crippen molar-refractivity contribution >= 4 is 11.9 Å². The van der Waals surface area contributed by atoms with Gasteiger partial charge in [-0.05, 0) is 12.3 Å². The highest BCUT2D eigenvalue weighted by Crippen LogP contribution is 2.50. The molecule has 1 saturated carbocycles. The van der Waals surface area contributed by atoms with Gasteiger partial charge in [0.1, 0.15) is 0 Å². The number of carbonyl (C=O) groups is 2. The van der Waals surface area contributed by atoms with Crippen LogP contribution in [0.25, 0.3) is 0 Å². The van der Waals surface area contributed by atoms with Crippen molar-refractivity contribution in [3.05, 3.63) is 0 Å². The van der Waals surface area contributed by atoms with Gasteiger partial charge in [0, 0.05) is 6.61 Å². The molecule has 0 aliphatic heterocycles. The van der Waals surface area contributed by atoms with Crippen molar-refractivity contribution in [3.63, 3.8) is 0 Å². The van der Waals surface area contributed by atoms with Crippen molar-refractivity contribution in [2.24, 2.45) is 17.3 Å². The highest BCUT2D eigenvalue weighted by Gasteiger charge is 2.69. The van der Waals surface area contributed by atoms with E-state index in [4.69, 9.17) is 10.00 Å². The molecule has 106 valence electrons. The van der Waals surface area contributed by atoms with Crippen molar-refractivity contribution in [3.8, 4) is 6.07 Å². The third-order valence-electron chi connectivity index (χ3n) is 3.34. The molecule has 19 heavy (non-hydrogen) atoms. The minimum absolute atomic E-state index is 0.258. The zero-order valence-electron chi connectivity index (χ0n) is 11.6. The van der Waals surface area contributed by atoms with Crippen LogP contribution in [-0.4, -0.2) is 38.9 Å². The fourth-order valence-corrected chi connectivity index (χ4v) is 2.28. The number of esters is 2. The van der Waals surface area contributed by atoms with Crippen LogP contribution in [-0.2, 0) is 23.8 Å². The van der Waals surface area contributed by atoms with Crippen molar-refractivity contribution in [2.75, 3.05) is 20.8 Å². The normalized spacial score (nSPS) is 24.2. The molecule has 1 aliphatic carbocycles. The van der Waals surface area contributed by atoms with Gasteiger partial charge in [0.05, 0.1) is 32.3 Å². The second-order valence-electron chi connectivity index (χ2n) is 4.99. The first-order chi connectivity index (χ1) is 8.94. The molecule has 0 N–H and O–H groups in total. The Morgan fingerprint density at radius 3 is 2.21 bits per heavy atom. The van der Waals surface area contributed by atoms with Gasteiger partial charge >= 0.3 is 11.9 Å². The molecule has 1 rings (SSSR count). The highest BCUT2D eigenvalue weighted by atomic mass is 16.6. The SMILES string of the molecule is COC(=O)C1(C(=O)OC)C(C#N)CC1OCC(C)C. The predicted octanol–water partition coefficient (Wildman–Crippen LogP) is 0.903. The molecular formula is C13H19NO5. The van der Waals surface area contributed by atoms with Crippen LogP contribution >= 0.6 is 0 Å². The van der Waals surface area contributed by atoms with Gasteiger partial charge in [-0.1, -0.05) is 13.8 Å². The second-order valence-corrected chi connectivity index (χ2v) is 4.99. The zero-order chi connectivity index (χ0) is 14.6. The van der Waals surface area contributed by atoms with Crippen LogP contribution in [0.2, 0.25) is 0 Å². The summed E-state index contributed by atoms with van der Waals surface area (Å²) in [5.41, 5.74) is -1.65. The van der Waals surface area contributed by atoms with E-state index in [-0.39, 0.29) is 5.92 Å². The topological polar surface area (TPSA) is 85.6 Å². The Hall–Kier alpha value is -1.61. The average molecular weight is 269 g/mol. The Morgan fingerprint density at radius 2 is 1.84 bits per heavy atom. The number of nitriles is 1. The summed E-state index contributed by atoms with van der Waals surface area (Å²) in [5.74, 6) is -2.06. The molecule has 6 nitrogen and oxygen atoms in total. The Balaban J connectivity index is 3.03. The summed E-state index contributed by atoms with van der Waals surface area (Å²) in [5, 5.41) is 9.08. The van der Waals surface area contributed by atoms with Crippen molar-refractivity contribution < 1.29 is 23.8 Å². The monoisotopic (exact) mass is 269 g/mol. The maximum atomic E-state index is 12.0. The zero-order valence-corrected chi connectivity index (χ0v) is 11.6. The van der Waals surface area contributed by atoms with E-state index >= 15 is 0 Å². The Bertz CT molecular complexity index is 382. The lowest BCUT2D eigenvalue weighted by molar-refractivity contribution is -0.207. The molecule has 0 radical (unpaired) electrons. The number of hydrogen-bond donors (Lipinski definition) is 0. The van der Waals surface area contributed by atoms with Crippen LogP contribution in [0, 0.1) is 28.6 Å². The molecule has 1 aliphatic rings. The number of hydrogen-bond acceptors (Lipinski definition) is 6. The molecule has 1 fully saturated rings. The van der Waals surface area contributed by atoms with E-state index in [1.807, 2.05) is 19.9 Å². The van der Waals surface area contributed by atoms with E-state index in [1.165, 1.54) is 14.2 Å². The number of nitrogens with zero attached hydrogens (tertiary/aromatic N) is 1. The standard InChI is InChI=1S/C13H19NO5/c1-8(2)7-19-10-5-9(6-14)13(10,11(15)17-3)12(16)18-4/h8-10H,5,7H2,1-4H3. The van der Waals surface area contributed by atoms with Crippen LogP contribution in [0.15, 0.2) is 0 Å². The lowest BCUT2D eigenvalue weighted by atomic mass is 9.58. The molecule has 0 saturated heterocycles. The van der Waals surface area contributed by atoms with Gasteiger partial charge in [-0.25, -0.2) is 0 Å². The lowest BCUT2D eigenvalue weighted by Crippen LogP contribution is -2.64. The summed E-state index contributed by atoms with van der Waals surface area (Å²) in [7, 11) is 2.36. The molecular weight excluding hydrogens is 250 g/mol. The van der Waals surface area contributed by atoms with Crippen molar-refractivity contribution in [1.82, 2.24) is 0 Å². The first kappa shape index (κ1) is 15.4. The maximum absolute atomic E-state index is 12.0. The van der Waals surface area contributed by atoms with Crippen molar-refractivity contribution in [2.45, 2.75) is 26.4 Å². The Kier molecular flexibility index (Phi) is 4.90. The number of rotatable bonds is 5. The first-order valence-corrected chi connectivity index (χ1v) is 6.13. The highest BCUT2D eigenvalue weighted by molar-refractivity contribution is 6.03. The molecule has 2 unspecified atom stereocenters. The molecule has 0 amide bonds. The van der Waals surface area contributed by atoms with Gasteiger partial charge in [-0.3, -0.25) is 9.59 Å². The van der Waals surface area contributed by atoms with E-state index in [2.05, 4.69) is 9.47 Å². The number of carbonyl (C=O) groups excluding carboxylic acids is 2. The quantitative estimate of drug-likeness (QED) is 0.544. The molecule has 0 bridgehead atoms.